The van der Waals surface area contributed by atoms with E-state index in [0.29, 0.717) is 38.5 Å². The number of allylic oxidation sites excluding steroid dienone is 1. The number of methoxy groups -OCH3 is 1. The van der Waals surface area contributed by atoms with Crippen molar-refractivity contribution in [3.8, 4) is 17.6 Å². The van der Waals surface area contributed by atoms with Gasteiger partial charge >= 0.3 is 0 Å². The molecule has 0 N–H and O–H groups in total. The standard InChI is InChI=1S/C23H18Cl3N3O3/c1-13-6-14(2)29(28-13)23(30)17(11-27)7-15-8-20(26)22(21(9-15)31-3)32-12-16-4-5-18(24)10-19(16)25/h4-10H,12H2,1-3H3/b17-7+. The Morgan fingerprint density at radius 3 is 2.50 bits per heavy atom. The Morgan fingerprint density at radius 1 is 1.16 bits per heavy atom. The molecular weight excluding hydrogens is 473 g/mol. The van der Waals surface area contributed by atoms with E-state index in [1.54, 1.807) is 50.2 Å². The first-order valence-corrected chi connectivity index (χ1v) is 10.5. The zero-order valence-corrected chi connectivity index (χ0v) is 19.7. The van der Waals surface area contributed by atoms with Crippen LogP contribution in [-0.2, 0) is 6.61 Å². The number of hydrogen-bond acceptors (Lipinski definition) is 5. The predicted molar refractivity (Wildman–Crippen MR) is 125 cm³/mol. The number of benzene rings is 2. The van der Waals surface area contributed by atoms with Crippen LogP contribution in [0.5, 0.6) is 11.5 Å². The number of nitrogens with zero attached hydrogens (tertiary/aromatic N) is 3. The first-order valence-electron chi connectivity index (χ1n) is 9.37. The van der Waals surface area contributed by atoms with Crippen molar-refractivity contribution in [2.45, 2.75) is 20.5 Å². The third-order valence-electron chi connectivity index (χ3n) is 4.50. The number of aromatic nitrogens is 2. The summed E-state index contributed by atoms with van der Waals surface area (Å²) < 4.78 is 12.4. The van der Waals surface area contributed by atoms with Gasteiger partial charge in [0.05, 0.1) is 17.8 Å². The molecule has 0 unspecified atom stereocenters. The van der Waals surface area contributed by atoms with Crippen molar-refractivity contribution < 1.29 is 14.3 Å². The fourth-order valence-electron chi connectivity index (χ4n) is 3.01. The van der Waals surface area contributed by atoms with Crippen LogP contribution in [0.15, 0.2) is 42.0 Å². The first-order chi connectivity index (χ1) is 15.2. The second-order valence-corrected chi connectivity index (χ2v) is 8.12. The van der Waals surface area contributed by atoms with Gasteiger partial charge < -0.3 is 9.47 Å². The van der Waals surface area contributed by atoms with Crippen LogP contribution in [0.1, 0.15) is 27.3 Å². The molecule has 0 saturated heterocycles. The number of halogens is 3. The lowest BCUT2D eigenvalue weighted by atomic mass is 10.1. The SMILES string of the molecule is COc1cc(/C=C(\C#N)C(=O)n2nc(C)cc2C)cc(Cl)c1OCc1ccc(Cl)cc1Cl. The van der Waals surface area contributed by atoms with Gasteiger partial charge in [-0.25, -0.2) is 4.68 Å². The summed E-state index contributed by atoms with van der Waals surface area (Å²) in [6.45, 7) is 3.65. The smallest absolute Gasteiger partial charge is 0.289 e. The highest BCUT2D eigenvalue weighted by atomic mass is 35.5. The first kappa shape index (κ1) is 23.7. The number of carbonyl (C=O) groups excluding carboxylic acids is 1. The van der Waals surface area contributed by atoms with Crippen molar-refractivity contribution in [2.75, 3.05) is 7.11 Å². The Hall–Kier alpha value is -2.98. The molecule has 0 fully saturated rings. The summed E-state index contributed by atoms with van der Waals surface area (Å²) in [7, 11) is 1.47. The Bertz CT molecular complexity index is 1260. The van der Waals surface area contributed by atoms with Gasteiger partial charge in [0.25, 0.3) is 5.91 Å². The zero-order valence-electron chi connectivity index (χ0n) is 17.4. The van der Waals surface area contributed by atoms with Crippen molar-refractivity contribution in [1.82, 2.24) is 9.78 Å². The molecule has 3 aromatic rings. The van der Waals surface area contributed by atoms with E-state index in [2.05, 4.69) is 5.10 Å². The molecule has 0 aliphatic rings. The molecule has 164 valence electrons. The van der Waals surface area contributed by atoms with Crippen LogP contribution in [0, 0.1) is 25.2 Å². The molecule has 0 spiro atoms. The van der Waals surface area contributed by atoms with Gasteiger partial charge in [-0.3, -0.25) is 4.79 Å². The van der Waals surface area contributed by atoms with Crippen LogP contribution >= 0.6 is 34.8 Å². The Kier molecular flexibility index (Phi) is 7.47. The fraction of sp³-hybridized carbons (Fsp3) is 0.174. The van der Waals surface area contributed by atoms with Crippen LogP contribution in [0.25, 0.3) is 6.08 Å². The van der Waals surface area contributed by atoms with E-state index in [1.165, 1.54) is 17.9 Å². The molecule has 3 rings (SSSR count). The zero-order chi connectivity index (χ0) is 23.4. The lowest BCUT2D eigenvalue weighted by molar-refractivity contribution is 0.0943. The number of rotatable bonds is 6. The highest BCUT2D eigenvalue weighted by Crippen LogP contribution is 2.38. The van der Waals surface area contributed by atoms with E-state index in [1.807, 2.05) is 6.07 Å². The maximum Gasteiger partial charge on any atom is 0.289 e. The second-order valence-electron chi connectivity index (χ2n) is 6.87. The van der Waals surface area contributed by atoms with Gasteiger partial charge in [0.15, 0.2) is 11.5 Å². The summed E-state index contributed by atoms with van der Waals surface area (Å²) in [5.41, 5.74) is 2.43. The molecule has 6 nitrogen and oxygen atoms in total. The van der Waals surface area contributed by atoms with Crippen molar-refractivity contribution in [3.63, 3.8) is 0 Å². The lowest BCUT2D eigenvalue weighted by Crippen LogP contribution is -2.15. The van der Waals surface area contributed by atoms with Crippen LogP contribution < -0.4 is 9.47 Å². The minimum absolute atomic E-state index is 0.101. The summed E-state index contributed by atoms with van der Waals surface area (Å²) in [5.74, 6) is 0.108. The molecule has 1 aromatic heterocycles. The van der Waals surface area contributed by atoms with Crippen LogP contribution in [0.4, 0.5) is 0 Å². The van der Waals surface area contributed by atoms with E-state index in [-0.39, 0.29) is 17.2 Å². The molecule has 9 heteroatoms. The van der Waals surface area contributed by atoms with Crippen LogP contribution in [-0.4, -0.2) is 22.8 Å². The maximum atomic E-state index is 12.7. The molecule has 0 amide bonds. The van der Waals surface area contributed by atoms with E-state index in [0.717, 1.165) is 5.56 Å². The molecule has 0 radical (unpaired) electrons. The number of hydrogen-bond donors (Lipinski definition) is 0. The van der Waals surface area contributed by atoms with E-state index >= 15 is 0 Å². The normalized spacial score (nSPS) is 11.2. The summed E-state index contributed by atoms with van der Waals surface area (Å²) in [6, 6.07) is 12.0. The molecule has 0 bridgehead atoms. The average Bonchev–Trinajstić information content (AvgIpc) is 3.09. The Morgan fingerprint density at radius 2 is 1.91 bits per heavy atom. The van der Waals surface area contributed by atoms with Crippen molar-refractivity contribution >= 4 is 46.8 Å². The van der Waals surface area contributed by atoms with Gasteiger partial charge in [-0.1, -0.05) is 40.9 Å². The summed E-state index contributed by atoms with van der Waals surface area (Å²) in [5, 5.41) is 14.9. The quantitative estimate of drug-likeness (QED) is 0.299. The molecule has 2 aromatic carbocycles. The van der Waals surface area contributed by atoms with Crippen molar-refractivity contribution in [1.29, 1.82) is 5.26 Å². The Balaban J connectivity index is 1.90. The van der Waals surface area contributed by atoms with Crippen LogP contribution in [0.2, 0.25) is 15.1 Å². The molecule has 0 aliphatic heterocycles. The molecular formula is C23H18Cl3N3O3. The molecule has 1 heterocycles. The number of ether oxygens (including phenoxy) is 2. The number of aryl methyl sites for hydroxylation is 2. The third kappa shape index (κ3) is 5.25. The molecule has 0 aliphatic carbocycles. The van der Waals surface area contributed by atoms with E-state index in [9.17, 15) is 10.1 Å². The third-order valence-corrected chi connectivity index (χ3v) is 5.37. The minimum atomic E-state index is -0.536. The van der Waals surface area contributed by atoms with Crippen molar-refractivity contribution in [2.24, 2.45) is 0 Å². The maximum absolute atomic E-state index is 12.7. The summed E-state index contributed by atoms with van der Waals surface area (Å²) >= 11 is 18.5. The van der Waals surface area contributed by atoms with Gasteiger partial charge in [0.1, 0.15) is 18.2 Å². The highest BCUT2D eigenvalue weighted by Gasteiger charge is 2.17. The average molecular weight is 491 g/mol. The topological polar surface area (TPSA) is 77.1 Å². The lowest BCUT2D eigenvalue weighted by Gasteiger charge is -2.14. The van der Waals surface area contributed by atoms with Gasteiger partial charge in [0, 0.05) is 21.3 Å². The number of nitriles is 1. The largest absolute Gasteiger partial charge is 0.493 e. The van der Waals surface area contributed by atoms with Crippen molar-refractivity contribution in [3.05, 3.63) is 79.6 Å². The Labute approximate surface area is 200 Å². The van der Waals surface area contributed by atoms with Gasteiger partial charge in [-0.05, 0) is 55.8 Å². The second kappa shape index (κ2) is 10.1. The van der Waals surface area contributed by atoms with E-state index < -0.39 is 5.91 Å². The minimum Gasteiger partial charge on any atom is -0.493 e. The van der Waals surface area contributed by atoms with Gasteiger partial charge in [-0.2, -0.15) is 10.4 Å². The highest BCUT2D eigenvalue weighted by molar-refractivity contribution is 6.35. The predicted octanol–water partition coefficient (Wildman–Crippen LogP) is 6.30. The van der Waals surface area contributed by atoms with Gasteiger partial charge in [-0.15, -0.1) is 0 Å². The van der Waals surface area contributed by atoms with Crippen LogP contribution in [0.3, 0.4) is 0 Å². The molecule has 0 saturated carbocycles. The van der Waals surface area contributed by atoms with Gasteiger partial charge in [0.2, 0.25) is 0 Å². The molecule has 0 atom stereocenters. The molecule has 32 heavy (non-hydrogen) atoms. The monoisotopic (exact) mass is 489 g/mol. The summed E-state index contributed by atoms with van der Waals surface area (Å²) in [6.07, 6.45) is 1.42. The fourth-order valence-corrected chi connectivity index (χ4v) is 3.75. The van der Waals surface area contributed by atoms with E-state index in [4.69, 9.17) is 44.3 Å². The summed E-state index contributed by atoms with van der Waals surface area (Å²) in [4.78, 5) is 12.7. The number of carbonyl (C=O) groups is 1.